The molecule has 0 aliphatic rings. The van der Waals surface area contributed by atoms with E-state index in [2.05, 4.69) is 17.0 Å². The molecular formula is C19H14ClFN2OS. The van der Waals surface area contributed by atoms with Gasteiger partial charge in [-0.05, 0) is 55.3 Å². The van der Waals surface area contributed by atoms with E-state index in [0.29, 0.717) is 11.3 Å². The Bertz CT molecular complexity index is 1110. The number of thiazole rings is 1. The highest BCUT2D eigenvalue weighted by Gasteiger charge is 2.13. The molecule has 0 unspecified atom stereocenters. The van der Waals surface area contributed by atoms with Crippen LogP contribution in [0.5, 0.6) is 0 Å². The van der Waals surface area contributed by atoms with E-state index in [9.17, 15) is 9.18 Å². The van der Waals surface area contributed by atoms with Crippen LogP contribution in [0.3, 0.4) is 0 Å². The first kappa shape index (κ1) is 17.4. The van der Waals surface area contributed by atoms with Gasteiger partial charge in [0.05, 0.1) is 27.3 Å². The minimum Gasteiger partial charge on any atom is -0.305 e. The highest BCUT2D eigenvalue weighted by atomic mass is 35.5. The van der Waals surface area contributed by atoms with Crippen molar-refractivity contribution in [2.45, 2.75) is 20.4 Å². The van der Waals surface area contributed by atoms with Crippen LogP contribution in [0.4, 0.5) is 4.39 Å². The van der Waals surface area contributed by atoms with Gasteiger partial charge in [0.2, 0.25) is 0 Å². The van der Waals surface area contributed by atoms with Crippen LogP contribution in [0, 0.1) is 32.0 Å². The SMILES string of the molecule is C#CCn1c(=NC(=O)c2ccc(F)cc2Cl)sc2cc(C)c(C)cc21. The van der Waals surface area contributed by atoms with Gasteiger partial charge in [-0.3, -0.25) is 4.79 Å². The molecule has 0 atom stereocenters. The number of carbonyl (C=O) groups is 1. The third-order valence-electron chi connectivity index (χ3n) is 3.91. The van der Waals surface area contributed by atoms with Crippen molar-refractivity contribution in [3.63, 3.8) is 0 Å². The van der Waals surface area contributed by atoms with Gasteiger partial charge in [-0.15, -0.1) is 6.42 Å². The van der Waals surface area contributed by atoms with Gasteiger partial charge in [-0.2, -0.15) is 4.99 Å². The zero-order chi connectivity index (χ0) is 18.1. The van der Waals surface area contributed by atoms with Crippen LogP contribution in [0.15, 0.2) is 35.3 Å². The van der Waals surface area contributed by atoms with Crippen LogP contribution < -0.4 is 4.80 Å². The first-order valence-corrected chi connectivity index (χ1v) is 8.68. The fourth-order valence-corrected chi connectivity index (χ4v) is 3.82. The number of hydrogen-bond donors (Lipinski definition) is 0. The summed E-state index contributed by atoms with van der Waals surface area (Å²) in [5.41, 5.74) is 3.37. The number of carbonyl (C=O) groups excluding carboxylic acids is 1. The molecule has 0 saturated heterocycles. The quantitative estimate of drug-likeness (QED) is 0.610. The number of nitrogens with zero attached hydrogens (tertiary/aromatic N) is 2. The largest absolute Gasteiger partial charge is 0.305 e. The maximum atomic E-state index is 13.2. The zero-order valence-corrected chi connectivity index (χ0v) is 15.2. The lowest BCUT2D eigenvalue weighted by Gasteiger charge is -2.03. The molecule has 0 saturated carbocycles. The summed E-state index contributed by atoms with van der Waals surface area (Å²) in [6, 6.07) is 7.69. The van der Waals surface area contributed by atoms with Gasteiger partial charge in [0.1, 0.15) is 5.82 Å². The Kier molecular flexibility index (Phi) is 4.76. The van der Waals surface area contributed by atoms with E-state index in [1.165, 1.54) is 23.5 Å². The minimum absolute atomic E-state index is 0.0325. The molecule has 0 N–H and O–H groups in total. The molecule has 1 aromatic heterocycles. The Morgan fingerprint density at radius 2 is 2.04 bits per heavy atom. The van der Waals surface area contributed by atoms with Crippen molar-refractivity contribution in [2.24, 2.45) is 4.99 Å². The van der Waals surface area contributed by atoms with Gasteiger partial charge in [0.25, 0.3) is 5.91 Å². The fourth-order valence-electron chi connectivity index (χ4n) is 2.46. The summed E-state index contributed by atoms with van der Waals surface area (Å²) in [4.78, 5) is 17.1. The van der Waals surface area contributed by atoms with E-state index < -0.39 is 11.7 Å². The van der Waals surface area contributed by atoms with E-state index >= 15 is 0 Å². The number of hydrogen-bond acceptors (Lipinski definition) is 2. The van der Waals surface area contributed by atoms with Crippen molar-refractivity contribution in [3.8, 4) is 12.3 Å². The highest BCUT2D eigenvalue weighted by molar-refractivity contribution is 7.16. The molecular weight excluding hydrogens is 359 g/mol. The molecule has 0 spiro atoms. The summed E-state index contributed by atoms with van der Waals surface area (Å²) in [5.74, 6) is 1.56. The molecule has 0 aliphatic carbocycles. The van der Waals surface area contributed by atoms with Crippen LogP contribution in [0.1, 0.15) is 21.5 Å². The Labute approximate surface area is 153 Å². The molecule has 3 nitrogen and oxygen atoms in total. The first-order chi connectivity index (χ1) is 11.9. The predicted molar refractivity (Wildman–Crippen MR) is 99.4 cm³/mol. The molecule has 2 aromatic carbocycles. The Hall–Kier alpha value is -2.42. The van der Waals surface area contributed by atoms with Crippen molar-refractivity contribution >= 4 is 39.1 Å². The first-order valence-electron chi connectivity index (χ1n) is 7.49. The monoisotopic (exact) mass is 372 g/mol. The topological polar surface area (TPSA) is 34.4 Å². The molecule has 1 heterocycles. The lowest BCUT2D eigenvalue weighted by Crippen LogP contribution is -2.16. The highest BCUT2D eigenvalue weighted by Crippen LogP contribution is 2.22. The van der Waals surface area contributed by atoms with Gasteiger partial charge in [0.15, 0.2) is 4.80 Å². The van der Waals surface area contributed by atoms with E-state index in [1.807, 2.05) is 24.5 Å². The summed E-state index contributed by atoms with van der Waals surface area (Å²) in [6.45, 7) is 4.35. The molecule has 126 valence electrons. The van der Waals surface area contributed by atoms with E-state index in [-0.39, 0.29) is 10.6 Å². The van der Waals surface area contributed by atoms with E-state index in [4.69, 9.17) is 18.0 Å². The van der Waals surface area contributed by atoms with Crippen molar-refractivity contribution in [1.29, 1.82) is 0 Å². The third-order valence-corrected chi connectivity index (χ3v) is 5.26. The molecule has 6 heteroatoms. The number of aryl methyl sites for hydroxylation is 2. The van der Waals surface area contributed by atoms with Gasteiger partial charge >= 0.3 is 0 Å². The molecule has 0 fully saturated rings. The number of fused-ring (bicyclic) bond motifs is 1. The van der Waals surface area contributed by atoms with Gasteiger partial charge < -0.3 is 4.57 Å². The maximum Gasteiger partial charge on any atom is 0.281 e. The van der Waals surface area contributed by atoms with Crippen molar-refractivity contribution in [2.75, 3.05) is 0 Å². The Morgan fingerprint density at radius 3 is 2.72 bits per heavy atom. The Morgan fingerprint density at radius 1 is 1.32 bits per heavy atom. The van der Waals surface area contributed by atoms with Crippen LogP contribution in [-0.2, 0) is 6.54 Å². The van der Waals surface area contributed by atoms with Crippen molar-refractivity contribution < 1.29 is 9.18 Å². The molecule has 3 rings (SSSR count). The molecule has 25 heavy (non-hydrogen) atoms. The second-order valence-corrected chi connectivity index (χ2v) is 7.04. The van der Waals surface area contributed by atoms with E-state index in [1.54, 1.807) is 0 Å². The fraction of sp³-hybridized carbons (Fsp3) is 0.158. The summed E-state index contributed by atoms with van der Waals surface area (Å²) in [7, 11) is 0. The average Bonchev–Trinajstić information content (AvgIpc) is 2.85. The third kappa shape index (κ3) is 3.37. The van der Waals surface area contributed by atoms with Crippen LogP contribution in [0.25, 0.3) is 10.2 Å². The standard InChI is InChI=1S/C19H14ClFN2OS/c1-4-7-23-16-8-11(2)12(3)9-17(16)25-19(23)22-18(24)14-6-5-13(21)10-15(14)20/h1,5-6,8-10H,7H2,2-3H3. The van der Waals surface area contributed by atoms with Crippen molar-refractivity contribution in [3.05, 3.63) is 62.7 Å². The number of halogens is 2. The number of aromatic nitrogens is 1. The maximum absolute atomic E-state index is 13.2. The summed E-state index contributed by atoms with van der Waals surface area (Å²) >= 11 is 7.34. The average molecular weight is 373 g/mol. The summed E-state index contributed by atoms with van der Waals surface area (Å²) < 4.78 is 16.0. The normalized spacial score (nSPS) is 11.7. The van der Waals surface area contributed by atoms with Gasteiger partial charge in [-0.25, -0.2) is 4.39 Å². The lowest BCUT2D eigenvalue weighted by atomic mass is 10.1. The number of rotatable bonds is 2. The van der Waals surface area contributed by atoms with Crippen LogP contribution in [-0.4, -0.2) is 10.5 Å². The molecule has 0 aliphatic heterocycles. The summed E-state index contributed by atoms with van der Waals surface area (Å²) in [5, 5.41) is 0.0325. The minimum atomic E-state index is -0.532. The summed E-state index contributed by atoms with van der Waals surface area (Å²) in [6.07, 6.45) is 5.47. The van der Waals surface area contributed by atoms with Gasteiger partial charge in [0, 0.05) is 0 Å². The second kappa shape index (κ2) is 6.83. The second-order valence-electron chi connectivity index (χ2n) is 5.62. The molecule has 0 radical (unpaired) electrons. The molecule has 1 amide bonds. The number of benzene rings is 2. The van der Waals surface area contributed by atoms with Crippen molar-refractivity contribution in [1.82, 2.24) is 4.57 Å². The molecule has 0 bridgehead atoms. The zero-order valence-electron chi connectivity index (χ0n) is 13.6. The molecule has 3 aromatic rings. The predicted octanol–water partition coefficient (Wildman–Crippen LogP) is 4.49. The smallest absolute Gasteiger partial charge is 0.281 e. The van der Waals surface area contributed by atoms with Crippen LogP contribution >= 0.6 is 22.9 Å². The van der Waals surface area contributed by atoms with Crippen LogP contribution in [0.2, 0.25) is 5.02 Å². The Balaban J connectivity index is 2.20. The number of terminal acetylenes is 1. The lowest BCUT2D eigenvalue weighted by molar-refractivity contribution is 0.0998. The van der Waals surface area contributed by atoms with Gasteiger partial charge in [-0.1, -0.05) is 28.9 Å². The number of amides is 1. The van der Waals surface area contributed by atoms with E-state index in [0.717, 1.165) is 27.4 Å².